The number of benzene rings is 1. The van der Waals surface area contributed by atoms with Gasteiger partial charge in [-0.1, -0.05) is 71.2 Å². The molecule has 0 saturated carbocycles. The molecule has 0 aromatic heterocycles. The van der Waals surface area contributed by atoms with Gasteiger partial charge in [-0.3, -0.25) is 9.79 Å². The molecule has 11 heteroatoms. The Bertz CT molecular complexity index is 1520. The maximum Gasteiger partial charge on any atom is 0.223 e. The van der Waals surface area contributed by atoms with Crippen LogP contribution in [0.25, 0.3) is 6.08 Å². The Hall–Kier alpha value is -3.61. The zero-order chi connectivity index (χ0) is 41.9. The summed E-state index contributed by atoms with van der Waals surface area (Å²) in [7, 11) is 5.91. The number of nitrogens with one attached hydrogen (secondary N) is 1. The average Bonchev–Trinajstić information content (AvgIpc) is 3.62. The van der Waals surface area contributed by atoms with Crippen LogP contribution >= 0.6 is 0 Å². The van der Waals surface area contributed by atoms with Gasteiger partial charge in [0.25, 0.3) is 0 Å². The molecule has 6 unspecified atom stereocenters. The molecule has 6 atom stereocenters. The average molecular weight is 791 g/mol. The van der Waals surface area contributed by atoms with Crippen LogP contribution in [0.3, 0.4) is 0 Å². The number of carbonyl (C=O) groups excluding carboxylic acids is 1. The van der Waals surface area contributed by atoms with Gasteiger partial charge in [-0.05, 0) is 91.8 Å². The van der Waals surface area contributed by atoms with E-state index in [0.717, 1.165) is 37.1 Å². The van der Waals surface area contributed by atoms with Gasteiger partial charge in [0.2, 0.25) is 5.91 Å². The smallest absolute Gasteiger partial charge is 0.223 e. The number of aliphatic imine (C=N–C) groups is 1. The molecule has 3 rings (SSSR count). The number of hydrazone groups is 1. The van der Waals surface area contributed by atoms with Crippen LogP contribution in [0, 0.1) is 17.8 Å². The monoisotopic (exact) mass is 791 g/mol. The van der Waals surface area contributed by atoms with Crippen LogP contribution in [-0.4, -0.2) is 126 Å². The molecule has 1 aromatic carbocycles. The van der Waals surface area contributed by atoms with E-state index in [2.05, 4.69) is 92.9 Å². The number of hydrogen-bond acceptors (Lipinski definition) is 10. The number of nitrogens with two attached hydrogens (primary N) is 1. The lowest BCUT2D eigenvalue weighted by Crippen LogP contribution is -2.45. The molecule has 0 spiro atoms. The summed E-state index contributed by atoms with van der Waals surface area (Å²) < 4.78 is 23.4. The molecule has 57 heavy (non-hydrogen) atoms. The number of rotatable bonds is 27. The number of nitrogens with zero attached hydrogens (tertiary/aromatic N) is 4. The third kappa shape index (κ3) is 15.3. The Balaban J connectivity index is 1.78. The van der Waals surface area contributed by atoms with Crippen LogP contribution in [0.1, 0.15) is 82.1 Å². The van der Waals surface area contributed by atoms with E-state index in [-0.39, 0.29) is 42.4 Å². The predicted octanol–water partition coefficient (Wildman–Crippen LogP) is 6.44. The van der Waals surface area contributed by atoms with E-state index in [1.165, 1.54) is 22.3 Å². The van der Waals surface area contributed by atoms with E-state index in [0.29, 0.717) is 76.7 Å². The minimum atomic E-state index is -0.205. The number of hydrogen-bond donors (Lipinski definition) is 2. The predicted molar refractivity (Wildman–Crippen MR) is 236 cm³/mol. The van der Waals surface area contributed by atoms with Crippen LogP contribution in [0.2, 0.25) is 0 Å². The highest BCUT2D eigenvalue weighted by Gasteiger charge is 2.33. The second-order valence-electron chi connectivity index (χ2n) is 16.3. The van der Waals surface area contributed by atoms with Gasteiger partial charge in [0, 0.05) is 44.9 Å². The first-order chi connectivity index (χ1) is 27.3. The molecule has 11 nitrogen and oxygen atoms in total. The van der Waals surface area contributed by atoms with Crippen LogP contribution in [0.4, 0.5) is 0 Å². The van der Waals surface area contributed by atoms with Crippen molar-refractivity contribution in [1.29, 1.82) is 0 Å². The van der Waals surface area contributed by atoms with E-state index < -0.39 is 0 Å². The first-order valence-electron chi connectivity index (χ1n) is 20.9. The number of carbonyl (C=O) groups is 1. The van der Waals surface area contributed by atoms with Gasteiger partial charge in [-0.15, -0.1) is 6.58 Å². The Morgan fingerprint density at radius 3 is 2.33 bits per heavy atom. The summed E-state index contributed by atoms with van der Waals surface area (Å²) in [5.74, 6) is 7.10. The molecule has 1 aromatic rings. The topological polar surface area (TPSA) is 123 Å². The normalized spacial score (nSPS) is 20.7. The number of likely N-dealkylation sites (N-methyl/N-ethyl adjacent to an activating group) is 2. The van der Waals surface area contributed by atoms with Gasteiger partial charge in [0.1, 0.15) is 0 Å². The number of ether oxygens (including phenoxy) is 4. The molecular weight excluding hydrogens is 717 g/mol. The molecule has 318 valence electrons. The van der Waals surface area contributed by atoms with E-state index in [9.17, 15) is 4.79 Å². The van der Waals surface area contributed by atoms with Crippen molar-refractivity contribution in [3.8, 4) is 0 Å². The van der Waals surface area contributed by atoms with Gasteiger partial charge in [0.15, 0.2) is 0 Å². The molecular formula is C46H74N6O5. The molecule has 1 aliphatic carbocycles. The molecule has 2 aliphatic rings. The first kappa shape index (κ1) is 47.8. The van der Waals surface area contributed by atoms with Gasteiger partial charge in [0.05, 0.1) is 70.1 Å². The van der Waals surface area contributed by atoms with Crippen LogP contribution < -0.4 is 11.2 Å². The van der Waals surface area contributed by atoms with Crippen molar-refractivity contribution >= 4 is 23.9 Å². The summed E-state index contributed by atoms with van der Waals surface area (Å²) >= 11 is 0. The van der Waals surface area contributed by atoms with Crippen molar-refractivity contribution in [1.82, 2.24) is 15.1 Å². The quantitative estimate of drug-likeness (QED) is 0.0344. The lowest BCUT2D eigenvalue weighted by Gasteiger charge is -2.38. The fourth-order valence-electron chi connectivity index (χ4n) is 7.85. The second kappa shape index (κ2) is 25.0. The molecule has 3 N–H and O–H groups in total. The first-order valence-corrected chi connectivity index (χ1v) is 20.9. The molecule has 1 amide bonds. The summed E-state index contributed by atoms with van der Waals surface area (Å²) in [6.45, 7) is 28.4. The number of amides is 1. The third-order valence-electron chi connectivity index (χ3n) is 11.4. The Labute approximate surface area is 344 Å². The standard InChI is InChI=1S/C46H74N6O5/c1-12-16-49-35(7)46(32(3)4)52(11)45(53)30-39(28-40(50-47)31-48-17-19-54-21-23-56-24-22-55-20-18-51(9)10)42-15-14-38(43-26-37(13-2)27-44(42)43)29-41-25-33(5)34(6)36(8)57-41/h12-15,26,31-34,36,39,41,46,49H,1-2,7,16-25,27-30,47H2,3-6,8-11H3. The fraction of sp³-hybridized carbons (Fsp3) is 0.630. The Kier molecular flexibility index (Phi) is 21.0. The highest BCUT2D eigenvalue weighted by Crippen LogP contribution is 2.39. The molecule has 1 fully saturated rings. The Morgan fingerprint density at radius 1 is 1.04 bits per heavy atom. The van der Waals surface area contributed by atoms with Crippen molar-refractivity contribution < 1.29 is 23.7 Å². The van der Waals surface area contributed by atoms with Crippen molar-refractivity contribution in [2.45, 2.75) is 90.9 Å². The zero-order valence-electron chi connectivity index (χ0n) is 36.4. The van der Waals surface area contributed by atoms with Gasteiger partial charge in [-0.2, -0.15) is 5.10 Å². The van der Waals surface area contributed by atoms with Crippen molar-refractivity contribution in [3.05, 3.63) is 77.5 Å². The van der Waals surface area contributed by atoms with Crippen LogP contribution in [0.15, 0.2) is 65.4 Å². The lowest BCUT2D eigenvalue weighted by atomic mass is 9.81. The molecule has 1 heterocycles. The second-order valence-corrected chi connectivity index (χ2v) is 16.3. The molecule has 1 aliphatic heterocycles. The van der Waals surface area contributed by atoms with E-state index in [4.69, 9.17) is 24.8 Å². The van der Waals surface area contributed by atoms with E-state index in [1.807, 2.05) is 32.1 Å². The highest BCUT2D eigenvalue weighted by atomic mass is 16.5. The SMILES string of the molecule is C=CCNC(=C)C(C(C)C)N(C)C(=O)CC(CC(C=NCCOCCOCCOCCN(C)C)=NN)c1ccc(CC2CC(C)C(C)C(C)O2)c2c1CC(C=C)=C2. The molecule has 0 radical (unpaired) electrons. The number of fused-ring (bicyclic) bond motifs is 1. The van der Waals surface area contributed by atoms with E-state index in [1.54, 1.807) is 12.3 Å². The van der Waals surface area contributed by atoms with Crippen LogP contribution in [0.5, 0.6) is 0 Å². The van der Waals surface area contributed by atoms with Crippen LogP contribution in [-0.2, 0) is 36.6 Å². The maximum atomic E-state index is 14.3. The summed E-state index contributed by atoms with van der Waals surface area (Å²) in [5.41, 5.74) is 7.41. The fourth-order valence-corrected chi connectivity index (χ4v) is 7.85. The van der Waals surface area contributed by atoms with Gasteiger partial charge < -0.3 is 39.9 Å². The summed E-state index contributed by atoms with van der Waals surface area (Å²) in [6, 6.07) is 4.25. The minimum Gasteiger partial charge on any atom is -0.384 e. The van der Waals surface area contributed by atoms with Crippen molar-refractivity contribution in [3.63, 3.8) is 0 Å². The Morgan fingerprint density at radius 2 is 1.72 bits per heavy atom. The minimum absolute atomic E-state index is 0.0183. The molecule has 0 bridgehead atoms. The summed E-state index contributed by atoms with van der Waals surface area (Å²) in [4.78, 5) is 22.8. The third-order valence-corrected chi connectivity index (χ3v) is 11.4. The molecule has 1 saturated heterocycles. The maximum absolute atomic E-state index is 14.3. The van der Waals surface area contributed by atoms with Crippen molar-refractivity contribution in [2.24, 2.45) is 33.7 Å². The number of allylic oxidation sites excluding steroid dienone is 2. The van der Waals surface area contributed by atoms with Gasteiger partial charge >= 0.3 is 0 Å². The summed E-state index contributed by atoms with van der Waals surface area (Å²) in [6.07, 6.45) is 11.4. The van der Waals surface area contributed by atoms with Crippen molar-refractivity contribution in [2.75, 3.05) is 80.4 Å². The zero-order valence-corrected chi connectivity index (χ0v) is 36.4. The highest BCUT2D eigenvalue weighted by molar-refractivity contribution is 6.30. The van der Waals surface area contributed by atoms with Gasteiger partial charge in [-0.25, -0.2) is 0 Å². The summed E-state index contributed by atoms with van der Waals surface area (Å²) in [5, 5.41) is 7.48. The largest absolute Gasteiger partial charge is 0.384 e. The lowest BCUT2D eigenvalue weighted by molar-refractivity contribution is -0.132. The van der Waals surface area contributed by atoms with E-state index >= 15 is 0 Å².